The van der Waals surface area contributed by atoms with E-state index in [1.807, 2.05) is 30.3 Å². The van der Waals surface area contributed by atoms with Crippen molar-refractivity contribution in [3.63, 3.8) is 0 Å². The van der Waals surface area contributed by atoms with Crippen LogP contribution in [0.2, 0.25) is 0 Å². The molecule has 0 fully saturated rings. The summed E-state index contributed by atoms with van der Waals surface area (Å²) in [5.41, 5.74) is 2.10. The highest BCUT2D eigenvalue weighted by molar-refractivity contribution is 5.96. The number of methoxy groups -OCH3 is 1. The number of rotatable bonds is 5. The molecule has 2 rings (SSSR count). The predicted molar refractivity (Wildman–Crippen MR) is 76.8 cm³/mol. The van der Waals surface area contributed by atoms with Crippen LogP contribution in [-0.2, 0) is 6.42 Å². The maximum Gasteiger partial charge on any atom is 0.163 e. The van der Waals surface area contributed by atoms with Crippen molar-refractivity contribution in [2.24, 2.45) is 0 Å². The topological polar surface area (TPSA) is 50.1 Å². The van der Waals surface area contributed by atoms with Gasteiger partial charge in [0.1, 0.15) is 5.75 Å². The summed E-state index contributed by atoms with van der Waals surface area (Å²) in [7, 11) is 1.62. The van der Waals surface area contributed by atoms with Crippen LogP contribution in [0.25, 0.3) is 0 Å². The van der Waals surface area contributed by atoms with E-state index in [0.717, 1.165) is 11.3 Å². The van der Waals surface area contributed by atoms with Crippen LogP contribution < -0.4 is 4.74 Å². The molecule has 2 aromatic carbocycles. The van der Waals surface area contributed by atoms with Gasteiger partial charge in [-0.15, -0.1) is 0 Å². The molecule has 100 valence electrons. The quantitative estimate of drug-likeness (QED) is 0.779. The number of benzene rings is 2. The van der Waals surface area contributed by atoms with Crippen molar-refractivity contribution in [3.05, 3.63) is 65.2 Å². The Kier molecular flexibility index (Phi) is 4.52. The number of hydrogen-bond donors (Lipinski definition) is 0. The molecule has 3 heteroatoms. The van der Waals surface area contributed by atoms with Crippen LogP contribution in [0, 0.1) is 11.3 Å². The van der Waals surface area contributed by atoms with E-state index in [1.165, 1.54) is 0 Å². The molecular weight excluding hydrogens is 250 g/mol. The number of ether oxygens (including phenoxy) is 1. The lowest BCUT2D eigenvalue weighted by Gasteiger charge is -2.07. The van der Waals surface area contributed by atoms with E-state index in [4.69, 9.17) is 10.00 Å². The molecule has 3 nitrogen and oxygen atoms in total. The lowest BCUT2D eigenvalue weighted by molar-refractivity contribution is 0.0982. The zero-order chi connectivity index (χ0) is 14.4. The zero-order valence-corrected chi connectivity index (χ0v) is 11.3. The van der Waals surface area contributed by atoms with E-state index in [2.05, 4.69) is 0 Å². The summed E-state index contributed by atoms with van der Waals surface area (Å²) in [4.78, 5) is 12.1. The van der Waals surface area contributed by atoms with E-state index in [1.54, 1.807) is 31.4 Å². The third-order valence-electron chi connectivity index (χ3n) is 3.13. The molecule has 0 atom stereocenters. The van der Waals surface area contributed by atoms with Crippen LogP contribution >= 0.6 is 0 Å². The average Bonchev–Trinajstić information content (AvgIpc) is 2.52. The van der Waals surface area contributed by atoms with Gasteiger partial charge in [-0.1, -0.05) is 30.3 Å². The second kappa shape index (κ2) is 6.53. The lowest BCUT2D eigenvalue weighted by atomic mass is 10.0. The zero-order valence-electron chi connectivity index (χ0n) is 11.3. The first-order valence-electron chi connectivity index (χ1n) is 6.40. The smallest absolute Gasteiger partial charge is 0.163 e. The minimum atomic E-state index is 0.0352. The van der Waals surface area contributed by atoms with Gasteiger partial charge in [-0.2, -0.15) is 5.26 Å². The minimum absolute atomic E-state index is 0.0352. The van der Waals surface area contributed by atoms with E-state index >= 15 is 0 Å². The number of ketones is 1. The molecule has 0 heterocycles. The van der Waals surface area contributed by atoms with Crippen molar-refractivity contribution in [2.45, 2.75) is 12.8 Å². The van der Waals surface area contributed by atoms with Crippen molar-refractivity contribution in [1.82, 2.24) is 0 Å². The van der Waals surface area contributed by atoms with Gasteiger partial charge in [0.2, 0.25) is 0 Å². The van der Waals surface area contributed by atoms with E-state index in [9.17, 15) is 4.79 Å². The van der Waals surface area contributed by atoms with Crippen LogP contribution in [0.1, 0.15) is 27.9 Å². The monoisotopic (exact) mass is 265 g/mol. The molecule has 0 radical (unpaired) electrons. The van der Waals surface area contributed by atoms with Crippen molar-refractivity contribution >= 4 is 5.78 Å². The van der Waals surface area contributed by atoms with Crippen LogP contribution in [0.5, 0.6) is 5.75 Å². The molecule has 0 aliphatic carbocycles. The van der Waals surface area contributed by atoms with E-state index in [-0.39, 0.29) is 5.78 Å². The number of para-hydroxylation sites is 1. The summed E-state index contributed by atoms with van der Waals surface area (Å²) in [5.74, 6) is 0.832. The van der Waals surface area contributed by atoms with Gasteiger partial charge in [0.25, 0.3) is 0 Å². The number of Topliss-reactive ketones (excluding diaryl/α,β-unsaturated/α-hetero) is 1. The fourth-order valence-electron chi connectivity index (χ4n) is 2.06. The molecule has 0 saturated heterocycles. The highest BCUT2D eigenvalue weighted by Gasteiger charge is 2.09. The first kappa shape index (κ1) is 13.8. The third-order valence-corrected chi connectivity index (χ3v) is 3.13. The standard InChI is InChI=1S/C17H15NO2/c1-20-17-8-3-2-6-14(17)9-10-16(19)15-7-4-5-13(11-15)12-18/h2-8,11H,9-10H2,1H3. The van der Waals surface area contributed by atoms with Crippen molar-refractivity contribution in [1.29, 1.82) is 5.26 Å². The number of nitrogens with zero attached hydrogens (tertiary/aromatic N) is 1. The molecule has 0 bridgehead atoms. The summed E-state index contributed by atoms with van der Waals surface area (Å²) >= 11 is 0. The van der Waals surface area contributed by atoms with Crippen LogP contribution in [0.15, 0.2) is 48.5 Å². The highest BCUT2D eigenvalue weighted by atomic mass is 16.5. The molecule has 0 amide bonds. The first-order chi connectivity index (χ1) is 9.74. The number of hydrogen-bond acceptors (Lipinski definition) is 3. The molecule has 0 unspecified atom stereocenters. The molecule has 0 N–H and O–H groups in total. The van der Waals surface area contributed by atoms with Gasteiger partial charge in [-0.25, -0.2) is 0 Å². The van der Waals surface area contributed by atoms with Gasteiger partial charge < -0.3 is 4.74 Å². The molecule has 0 saturated carbocycles. The second-order valence-corrected chi connectivity index (χ2v) is 4.43. The Bertz CT molecular complexity index is 656. The number of carbonyl (C=O) groups is 1. The van der Waals surface area contributed by atoms with Crippen molar-refractivity contribution < 1.29 is 9.53 Å². The van der Waals surface area contributed by atoms with E-state index in [0.29, 0.717) is 24.0 Å². The Hall–Kier alpha value is -2.60. The summed E-state index contributed by atoms with van der Waals surface area (Å²) in [6.45, 7) is 0. The second-order valence-electron chi connectivity index (χ2n) is 4.43. The summed E-state index contributed by atoms with van der Waals surface area (Å²) in [5, 5.41) is 8.84. The van der Waals surface area contributed by atoms with Crippen molar-refractivity contribution in [3.8, 4) is 11.8 Å². The molecule has 0 aliphatic heterocycles. The number of aryl methyl sites for hydroxylation is 1. The third kappa shape index (κ3) is 3.24. The van der Waals surface area contributed by atoms with Crippen LogP contribution in [-0.4, -0.2) is 12.9 Å². The molecular formula is C17H15NO2. The highest BCUT2D eigenvalue weighted by Crippen LogP contribution is 2.19. The Balaban J connectivity index is 2.07. The number of carbonyl (C=O) groups excluding carboxylic acids is 1. The normalized spacial score (nSPS) is 9.80. The molecule has 0 aromatic heterocycles. The first-order valence-corrected chi connectivity index (χ1v) is 6.40. The largest absolute Gasteiger partial charge is 0.496 e. The summed E-state index contributed by atoms with van der Waals surface area (Å²) in [6.07, 6.45) is 1.02. The SMILES string of the molecule is COc1ccccc1CCC(=O)c1cccc(C#N)c1. The predicted octanol–water partition coefficient (Wildman–Crippen LogP) is 3.38. The minimum Gasteiger partial charge on any atom is -0.496 e. The van der Waals surface area contributed by atoms with Crippen LogP contribution in [0.3, 0.4) is 0 Å². The molecule has 0 spiro atoms. The maximum absolute atomic E-state index is 12.1. The van der Waals surface area contributed by atoms with Crippen LogP contribution in [0.4, 0.5) is 0 Å². The fraction of sp³-hybridized carbons (Fsp3) is 0.176. The summed E-state index contributed by atoms with van der Waals surface area (Å²) < 4.78 is 5.27. The summed E-state index contributed by atoms with van der Waals surface area (Å²) in [6, 6.07) is 16.5. The molecule has 20 heavy (non-hydrogen) atoms. The van der Waals surface area contributed by atoms with E-state index < -0.39 is 0 Å². The van der Waals surface area contributed by atoms with Gasteiger partial charge in [0.15, 0.2) is 5.78 Å². The Labute approximate surface area is 118 Å². The van der Waals surface area contributed by atoms with Gasteiger partial charge >= 0.3 is 0 Å². The van der Waals surface area contributed by atoms with Gasteiger partial charge in [-0.05, 0) is 30.2 Å². The fourth-order valence-corrected chi connectivity index (χ4v) is 2.06. The Morgan fingerprint density at radius 2 is 2.00 bits per heavy atom. The average molecular weight is 265 g/mol. The lowest BCUT2D eigenvalue weighted by Crippen LogP contribution is -2.02. The Morgan fingerprint density at radius 3 is 2.75 bits per heavy atom. The Morgan fingerprint density at radius 1 is 1.20 bits per heavy atom. The maximum atomic E-state index is 12.1. The molecule has 2 aromatic rings. The molecule has 0 aliphatic rings. The number of nitriles is 1. The van der Waals surface area contributed by atoms with Gasteiger partial charge in [0.05, 0.1) is 18.7 Å². The van der Waals surface area contributed by atoms with Gasteiger partial charge in [0, 0.05) is 12.0 Å². The van der Waals surface area contributed by atoms with Crippen molar-refractivity contribution in [2.75, 3.05) is 7.11 Å². The van der Waals surface area contributed by atoms with Gasteiger partial charge in [-0.3, -0.25) is 4.79 Å².